The third kappa shape index (κ3) is 5.22. The molecule has 1 aromatic carbocycles. The van der Waals surface area contributed by atoms with Gasteiger partial charge in [-0.15, -0.1) is 0 Å². The van der Waals surface area contributed by atoms with E-state index in [2.05, 4.69) is 6.92 Å². The Hall–Kier alpha value is -1.02. The zero-order valence-corrected chi connectivity index (χ0v) is 11.0. The van der Waals surface area contributed by atoms with E-state index in [0.29, 0.717) is 22.9 Å². The van der Waals surface area contributed by atoms with E-state index in [1.54, 1.807) is 18.2 Å². The number of rotatable bonds is 8. The molecule has 0 radical (unpaired) electrons. The standard InChI is InChI=1S/C14H19ClO2/c1-2-3-4-5-6-9-17-14-8-7-13(15)10-12(14)11-16/h7-8,10-11H,2-6,9H2,1H3. The molecule has 0 saturated carbocycles. The summed E-state index contributed by atoms with van der Waals surface area (Å²) in [5, 5.41) is 0.558. The lowest BCUT2D eigenvalue weighted by Gasteiger charge is -2.08. The molecule has 0 unspecified atom stereocenters. The summed E-state index contributed by atoms with van der Waals surface area (Å²) in [7, 11) is 0. The van der Waals surface area contributed by atoms with Gasteiger partial charge in [0.1, 0.15) is 5.75 Å². The molecule has 0 atom stereocenters. The van der Waals surface area contributed by atoms with E-state index in [4.69, 9.17) is 16.3 Å². The van der Waals surface area contributed by atoms with Crippen LogP contribution >= 0.6 is 11.6 Å². The molecule has 0 amide bonds. The maximum absolute atomic E-state index is 10.8. The summed E-state index contributed by atoms with van der Waals surface area (Å²) in [6.45, 7) is 2.85. The van der Waals surface area contributed by atoms with Crippen molar-refractivity contribution >= 4 is 17.9 Å². The third-order valence-corrected chi connectivity index (χ3v) is 2.84. The highest BCUT2D eigenvalue weighted by molar-refractivity contribution is 6.30. The second kappa shape index (κ2) is 8.13. The predicted octanol–water partition coefficient (Wildman–Crippen LogP) is 4.50. The number of hydrogen-bond donors (Lipinski definition) is 0. The van der Waals surface area contributed by atoms with Crippen molar-refractivity contribution in [2.45, 2.75) is 39.0 Å². The maximum atomic E-state index is 10.8. The Bertz CT molecular complexity index is 350. The Kier molecular flexibility index (Phi) is 6.71. The van der Waals surface area contributed by atoms with Crippen molar-refractivity contribution in [1.82, 2.24) is 0 Å². The molecule has 3 heteroatoms. The van der Waals surface area contributed by atoms with Crippen molar-refractivity contribution in [3.63, 3.8) is 0 Å². The molecular formula is C14H19ClO2. The SMILES string of the molecule is CCCCCCCOc1ccc(Cl)cc1C=O. The van der Waals surface area contributed by atoms with E-state index in [-0.39, 0.29) is 0 Å². The van der Waals surface area contributed by atoms with Crippen LogP contribution in [0.4, 0.5) is 0 Å². The molecule has 2 nitrogen and oxygen atoms in total. The molecule has 0 aliphatic rings. The van der Waals surface area contributed by atoms with E-state index in [1.807, 2.05) is 0 Å². The molecular weight excluding hydrogens is 236 g/mol. The van der Waals surface area contributed by atoms with Gasteiger partial charge >= 0.3 is 0 Å². The molecule has 0 saturated heterocycles. The molecule has 0 aliphatic carbocycles. The topological polar surface area (TPSA) is 26.3 Å². The van der Waals surface area contributed by atoms with Crippen LogP contribution in [-0.4, -0.2) is 12.9 Å². The molecule has 1 aromatic rings. The first-order chi connectivity index (χ1) is 8.27. The van der Waals surface area contributed by atoms with Gasteiger partial charge in [0, 0.05) is 5.02 Å². The van der Waals surface area contributed by atoms with Gasteiger partial charge in [0.2, 0.25) is 0 Å². The molecule has 1 rings (SSSR count). The summed E-state index contributed by atoms with van der Waals surface area (Å²) in [4.78, 5) is 10.8. The van der Waals surface area contributed by atoms with Crippen LogP contribution in [-0.2, 0) is 0 Å². The molecule has 0 N–H and O–H groups in total. The maximum Gasteiger partial charge on any atom is 0.153 e. The predicted molar refractivity (Wildman–Crippen MR) is 71.1 cm³/mol. The van der Waals surface area contributed by atoms with Crippen LogP contribution in [0, 0.1) is 0 Å². The summed E-state index contributed by atoms with van der Waals surface area (Å²) in [5.41, 5.74) is 0.519. The zero-order chi connectivity index (χ0) is 12.5. The fraction of sp³-hybridized carbons (Fsp3) is 0.500. The van der Waals surface area contributed by atoms with Gasteiger partial charge in [0.25, 0.3) is 0 Å². The van der Waals surface area contributed by atoms with E-state index in [9.17, 15) is 4.79 Å². The molecule has 0 aromatic heterocycles. The monoisotopic (exact) mass is 254 g/mol. The van der Waals surface area contributed by atoms with Gasteiger partial charge in [0.05, 0.1) is 12.2 Å². The van der Waals surface area contributed by atoms with Gasteiger partial charge in [-0.2, -0.15) is 0 Å². The van der Waals surface area contributed by atoms with Gasteiger partial charge in [-0.05, 0) is 24.6 Å². The van der Waals surface area contributed by atoms with Crippen molar-refractivity contribution in [1.29, 1.82) is 0 Å². The number of carbonyl (C=O) groups excluding carboxylic acids is 1. The lowest BCUT2D eigenvalue weighted by atomic mass is 10.2. The smallest absolute Gasteiger partial charge is 0.153 e. The minimum Gasteiger partial charge on any atom is -0.493 e. The second-order valence-electron chi connectivity index (χ2n) is 4.06. The van der Waals surface area contributed by atoms with Gasteiger partial charge in [-0.1, -0.05) is 44.2 Å². The molecule has 0 bridgehead atoms. The van der Waals surface area contributed by atoms with Crippen molar-refractivity contribution in [3.8, 4) is 5.75 Å². The average Bonchev–Trinajstić information content (AvgIpc) is 2.35. The Morgan fingerprint density at radius 3 is 2.71 bits per heavy atom. The number of hydrogen-bond acceptors (Lipinski definition) is 2. The Labute approximate surface area is 108 Å². The summed E-state index contributed by atoms with van der Waals surface area (Å²) in [6.07, 6.45) is 6.76. The average molecular weight is 255 g/mol. The van der Waals surface area contributed by atoms with E-state index >= 15 is 0 Å². The Morgan fingerprint density at radius 2 is 2.00 bits per heavy atom. The van der Waals surface area contributed by atoms with Crippen LogP contribution in [0.25, 0.3) is 0 Å². The van der Waals surface area contributed by atoms with Crippen molar-refractivity contribution in [2.75, 3.05) is 6.61 Å². The van der Waals surface area contributed by atoms with Crippen LogP contribution in [0.2, 0.25) is 5.02 Å². The number of halogens is 1. The molecule has 0 spiro atoms. The first-order valence-corrected chi connectivity index (χ1v) is 6.53. The largest absolute Gasteiger partial charge is 0.493 e. The van der Waals surface area contributed by atoms with E-state index in [1.165, 1.54) is 25.7 Å². The highest BCUT2D eigenvalue weighted by Gasteiger charge is 2.03. The van der Waals surface area contributed by atoms with E-state index in [0.717, 1.165) is 12.7 Å². The number of unbranched alkanes of at least 4 members (excludes halogenated alkanes) is 4. The summed E-state index contributed by atoms with van der Waals surface area (Å²) >= 11 is 5.80. The minimum atomic E-state index is 0.519. The molecule has 0 fully saturated rings. The lowest BCUT2D eigenvalue weighted by molar-refractivity contribution is 0.111. The fourth-order valence-corrected chi connectivity index (χ4v) is 1.81. The van der Waals surface area contributed by atoms with Gasteiger partial charge < -0.3 is 4.74 Å². The van der Waals surface area contributed by atoms with Crippen LogP contribution < -0.4 is 4.74 Å². The normalized spacial score (nSPS) is 10.2. The lowest BCUT2D eigenvalue weighted by Crippen LogP contribution is -2.00. The summed E-state index contributed by atoms with van der Waals surface area (Å²) < 4.78 is 5.57. The first kappa shape index (κ1) is 14.0. The quantitative estimate of drug-likeness (QED) is 0.504. The van der Waals surface area contributed by atoms with Crippen molar-refractivity contribution in [2.24, 2.45) is 0 Å². The fourth-order valence-electron chi connectivity index (χ4n) is 1.63. The Balaban J connectivity index is 2.33. The van der Waals surface area contributed by atoms with Crippen molar-refractivity contribution in [3.05, 3.63) is 28.8 Å². The first-order valence-electron chi connectivity index (χ1n) is 6.15. The van der Waals surface area contributed by atoms with Gasteiger partial charge in [-0.3, -0.25) is 4.79 Å². The highest BCUT2D eigenvalue weighted by atomic mass is 35.5. The van der Waals surface area contributed by atoms with Gasteiger partial charge in [0.15, 0.2) is 6.29 Å². The molecule has 0 aliphatic heterocycles. The summed E-state index contributed by atoms with van der Waals surface area (Å²) in [6, 6.07) is 5.11. The summed E-state index contributed by atoms with van der Waals surface area (Å²) in [5.74, 6) is 0.625. The second-order valence-corrected chi connectivity index (χ2v) is 4.50. The van der Waals surface area contributed by atoms with Crippen LogP contribution in [0.5, 0.6) is 5.75 Å². The van der Waals surface area contributed by atoms with Crippen molar-refractivity contribution < 1.29 is 9.53 Å². The van der Waals surface area contributed by atoms with Crippen LogP contribution in [0.1, 0.15) is 49.4 Å². The van der Waals surface area contributed by atoms with Crippen LogP contribution in [0.3, 0.4) is 0 Å². The number of ether oxygens (including phenoxy) is 1. The molecule has 94 valence electrons. The minimum absolute atomic E-state index is 0.519. The number of carbonyl (C=O) groups is 1. The third-order valence-electron chi connectivity index (χ3n) is 2.60. The molecule has 0 heterocycles. The zero-order valence-electron chi connectivity index (χ0n) is 10.2. The number of aldehydes is 1. The molecule has 17 heavy (non-hydrogen) atoms. The van der Waals surface area contributed by atoms with E-state index < -0.39 is 0 Å². The Morgan fingerprint density at radius 1 is 1.24 bits per heavy atom. The number of benzene rings is 1. The van der Waals surface area contributed by atoms with Crippen LogP contribution in [0.15, 0.2) is 18.2 Å². The highest BCUT2D eigenvalue weighted by Crippen LogP contribution is 2.21. The van der Waals surface area contributed by atoms with Gasteiger partial charge in [-0.25, -0.2) is 0 Å².